The van der Waals surface area contributed by atoms with Crippen LogP contribution in [-0.4, -0.2) is 19.6 Å². The van der Waals surface area contributed by atoms with Crippen molar-refractivity contribution in [1.82, 2.24) is 0 Å². The lowest BCUT2D eigenvalue weighted by Crippen LogP contribution is -2.12. The van der Waals surface area contributed by atoms with Crippen LogP contribution >= 0.6 is 0 Å². The molecule has 1 aliphatic carbocycles. The molecule has 0 unspecified atom stereocenters. The Balaban J connectivity index is 2.13. The zero-order valence-corrected chi connectivity index (χ0v) is 13.0. The number of hydrogen-bond acceptors (Lipinski definition) is 3. The van der Waals surface area contributed by atoms with Crippen molar-refractivity contribution in [3.8, 4) is 0 Å². The summed E-state index contributed by atoms with van der Waals surface area (Å²) >= 11 is 0. The fraction of sp³-hybridized carbons (Fsp3) is 0.562. The highest BCUT2D eigenvalue weighted by atomic mass is 19.2. The van der Waals surface area contributed by atoms with Crippen molar-refractivity contribution < 1.29 is 18.3 Å². The van der Waals surface area contributed by atoms with Crippen LogP contribution in [0, 0.1) is 28.4 Å². The van der Waals surface area contributed by atoms with Gasteiger partial charge in [0.15, 0.2) is 11.6 Å². The summed E-state index contributed by atoms with van der Waals surface area (Å²) in [6.07, 6.45) is 0. The zero-order chi connectivity index (χ0) is 16.0. The minimum atomic E-state index is -1.18. The number of hydrogen-bond donors (Lipinski definition) is 1. The number of ether oxygens (including phenoxy) is 1. The Kier molecular flexibility index (Phi) is 3.72. The summed E-state index contributed by atoms with van der Waals surface area (Å²) < 4.78 is 32.2. The molecule has 1 N–H and O–H groups in total. The fourth-order valence-corrected chi connectivity index (χ4v) is 3.01. The van der Waals surface area contributed by atoms with Gasteiger partial charge in [0, 0.05) is 6.54 Å². The van der Waals surface area contributed by atoms with Crippen LogP contribution in [0.25, 0.3) is 0 Å². The van der Waals surface area contributed by atoms with E-state index in [1.165, 1.54) is 12.1 Å². The summed E-state index contributed by atoms with van der Waals surface area (Å²) in [6.45, 7) is 9.22. The summed E-state index contributed by atoms with van der Waals surface area (Å²) in [7, 11) is 1.13. The molecule has 21 heavy (non-hydrogen) atoms. The molecule has 1 fully saturated rings. The van der Waals surface area contributed by atoms with Crippen LogP contribution < -0.4 is 5.32 Å². The summed E-state index contributed by atoms with van der Waals surface area (Å²) in [4.78, 5) is 11.3. The van der Waals surface area contributed by atoms with E-state index in [-0.39, 0.29) is 16.5 Å². The van der Waals surface area contributed by atoms with Crippen molar-refractivity contribution in [2.75, 3.05) is 19.0 Å². The predicted octanol–water partition coefficient (Wildman–Crippen LogP) is 3.85. The van der Waals surface area contributed by atoms with Crippen molar-refractivity contribution in [2.24, 2.45) is 16.7 Å². The van der Waals surface area contributed by atoms with Gasteiger partial charge in [-0.05, 0) is 28.9 Å². The monoisotopic (exact) mass is 297 g/mol. The van der Waals surface area contributed by atoms with Gasteiger partial charge in [-0.1, -0.05) is 27.7 Å². The summed E-state index contributed by atoms with van der Waals surface area (Å²) in [5, 5.41) is 2.94. The van der Waals surface area contributed by atoms with Gasteiger partial charge in [-0.3, -0.25) is 0 Å². The highest BCUT2D eigenvalue weighted by Crippen LogP contribution is 2.68. The highest BCUT2D eigenvalue weighted by Gasteiger charge is 2.64. The van der Waals surface area contributed by atoms with Gasteiger partial charge in [0.25, 0.3) is 0 Å². The third kappa shape index (κ3) is 2.39. The second-order valence-corrected chi connectivity index (χ2v) is 6.66. The maximum Gasteiger partial charge on any atom is 0.340 e. The third-order valence-corrected chi connectivity index (χ3v) is 5.30. The number of carbonyl (C=O) groups is 1. The van der Waals surface area contributed by atoms with Crippen LogP contribution in [0.1, 0.15) is 38.1 Å². The number of esters is 1. The smallest absolute Gasteiger partial charge is 0.340 e. The van der Waals surface area contributed by atoms with Crippen molar-refractivity contribution in [2.45, 2.75) is 27.7 Å². The molecular weight excluding hydrogens is 276 g/mol. The molecule has 0 aromatic heterocycles. The number of carbonyl (C=O) groups excluding carboxylic acids is 1. The Bertz CT molecular complexity index is 568. The molecule has 1 aromatic carbocycles. The maximum atomic E-state index is 14.0. The lowest BCUT2D eigenvalue weighted by molar-refractivity contribution is 0.0594. The van der Waals surface area contributed by atoms with E-state index >= 15 is 0 Å². The number of halogens is 2. The number of anilines is 1. The highest BCUT2D eigenvalue weighted by molar-refractivity contribution is 5.90. The third-order valence-electron chi connectivity index (χ3n) is 5.30. The van der Waals surface area contributed by atoms with Gasteiger partial charge in [-0.25, -0.2) is 13.6 Å². The molecule has 0 radical (unpaired) electrons. The van der Waals surface area contributed by atoms with Crippen LogP contribution in [0.5, 0.6) is 0 Å². The first-order valence-corrected chi connectivity index (χ1v) is 6.94. The molecule has 1 aliphatic rings. The van der Waals surface area contributed by atoms with Crippen LogP contribution in [0.2, 0.25) is 0 Å². The van der Waals surface area contributed by atoms with E-state index in [0.717, 1.165) is 7.11 Å². The largest absolute Gasteiger partial charge is 0.465 e. The SMILES string of the molecule is COC(=O)c1ccc(NCC2C(C)(C)C2(C)C)c(F)c1F. The summed E-state index contributed by atoms with van der Waals surface area (Å²) in [5.41, 5.74) is 0.00776. The second kappa shape index (κ2) is 4.97. The van der Waals surface area contributed by atoms with Crippen molar-refractivity contribution >= 4 is 11.7 Å². The Hall–Kier alpha value is -1.65. The van der Waals surface area contributed by atoms with E-state index in [1.54, 1.807) is 0 Å². The van der Waals surface area contributed by atoms with E-state index in [0.29, 0.717) is 12.5 Å². The van der Waals surface area contributed by atoms with E-state index in [9.17, 15) is 13.6 Å². The van der Waals surface area contributed by atoms with E-state index in [4.69, 9.17) is 0 Å². The average molecular weight is 297 g/mol. The lowest BCUT2D eigenvalue weighted by Gasteiger charge is -2.11. The van der Waals surface area contributed by atoms with Gasteiger partial charge in [-0.2, -0.15) is 0 Å². The number of benzene rings is 1. The van der Waals surface area contributed by atoms with Gasteiger partial charge in [0.1, 0.15) is 0 Å². The Labute approximate surface area is 123 Å². The van der Waals surface area contributed by atoms with Crippen LogP contribution in [0.15, 0.2) is 12.1 Å². The number of methoxy groups -OCH3 is 1. The Morgan fingerprint density at radius 1 is 1.19 bits per heavy atom. The van der Waals surface area contributed by atoms with Gasteiger partial charge in [0.2, 0.25) is 0 Å². The molecule has 0 aliphatic heterocycles. The summed E-state index contributed by atoms with van der Waals surface area (Å²) in [6, 6.07) is 2.60. The van der Waals surface area contributed by atoms with E-state index in [1.807, 2.05) is 0 Å². The van der Waals surface area contributed by atoms with Crippen molar-refractivity contribution in [3.05, 3.63) is 29.3 Å². The first-order valence-electron chi connectivity index (χ1n) is 6.94. The van der Waals surface area contributed by atoms with Crippen LogP contribution in [0.4, 0.5) is 14.5 Å². The quantitative estimate of drug-likeness (QED) is 0.858. The second-order valence-electron chi connectivity index (χ2n) is 6.66. The van der Waals surface area contributed by atoms with Gasteiger partial charge >= 0.3 is 5.97 Å². The normalized spacial score (nSPS) is 19.2. The zero-order valence-electron chi connectivity index (χ0n) is 13.0. The Morgan fingerprint density at radius 3 is 2.24 bits per heavy atom. The molecule has 5 heteroatoms. The Morgan fingerprint density at radius 2 is 1.76 bits per heavy atom. The van der Waals surface area contributed by atoms with Gasteiger partial charge in [0.05, 0.1) is 18.4 Å². The molecule has 2 rings (SSSR count). The number of nitrogens with one attached hydrogen (secondary N) is 1. The molecule has 1 aromatic rings. The standard InChI is InChI=1S/C16H21F2NO2/c1-15(2)11(16(15,3)4)8-19-10-7-6-9(14(20)21-5)12(17)13(10)18/h6-7,11,19H,8H2,1-5H3. The molecule has 3 nitrogen and oxygen atoms in total. The van der Waals surface area contributed by atoms with Crippen molar-refractivity contribution in [1.29, 1.82) is 0 Å². The molecule has 0 saturated heterocycles. The maximum absolute atomic E-state index is 14.0. The van der Waals surface area contributed by atoms with Crippen LogP contribution in [-0.2, 0) is 4.74 Å². The molecule has 0 amide bonds. The van der Waals surface area contributed by atoms with Gasteiger partial charge in [-0.15, -0.1) is 0 Å². The molecule has 1 saturated carbocycles. The number of rotatable bonds is 4. The van der Waals surface area contributed by atoms with E-state index < -0.39 is 23.2 Å². The first-order chi connectivity index (χ1) is 9.64. The first kappa shape index (κ1) is 15.7. The molecule has 0 atom stereocenters. The topological polar surface area (TPSA) is 38.3 Å². The molecule has 116 valence electrons. The molecule has 0 bridgehead atoms. The van der Waals surface area contributed by atoms with Gasteiger partial charge < -0.3 is 10.1 Å². The summed E-state index contributed by atoms with van der Waals surface area (Å²) in [5.74, 6) is -2.73. The van der Waals surface area contributed by atoms with Crippen molar-refractivity contribution in [3.63, 3.8) is 0 Å². The minimum Gasteiger partial charge on any atom is -0.465 e. The lowest BCUT2D eigenvalue weighted by atomic mass is 10.0. The average Bonchev–Trinajstić information content (AvgIpc) is 2.81. The van der Waals surface area contributed by atoms with E-state index in [2.05, 4.69) is 37.7 Å². The molecule has 0 spiro atoms. The van der Waals surface area contributed by atoms with Crippen LogP contribution in [0.3, 0.4) is 0 Å². The molecule has 0 heterocycles. The minimum absolute atomic E-state index is 0.0682. The molecular formula is C16H21F2NO2. The predicted molar refractivity (Wildman–Crippen MR) is 77.2 cm³/mol. The fourth-order valence-electron chi connectivity index (χ4n) is 3.01.